The lowest BCUT2D eigenvalue weighted by Crippen LogP contribution is -2.52. The first-order chi connectivity index (χ1) is 15.8. The van der Waals surface area contributed by atoms with E-state index in [0.717, 1.165) is 28.1 Å². The molecule has 0 fully saturated rings. The van der Waals surface area contributed by atoms with Crippen molar-refractivity contribution in [2.24, 2.45) is 0 Å². The van der Waals surface area contributed by atoms with Crippen LogP contribution in [0.3, 0.4) is 0 Å². The summed E-state index contributed by atoms with van der Waals surface area (Å²) in [7, 11) is -3.77. The average Bonchev–Trinajstić information content (AvgIpc) is 2.76. The minimum absolute atomic E-state index is 0.0602. The van der Waals surface area contributed by atoms with E-state index in [0.29, 0.717) is 16.3 Å². The number of hydrogen-bond acceptors (Lipinski definition) is 4. The van der Waals surface area contributed by atoms with E-state index in [2.05, 4.69) is 5.32 Å². The number of hydrogen-bond donors (Lipinski definition) is 1. The van der Waals surface area contributed by atoms with E-state index in [1.807, 2.05) is 26.8 Å². The molecule has 34 heavy (non-hydrogen) atoms. The van der Waals surface area contributed by atoms with Gasteiger partial charge in [0.15, 0.2) is 0 Å². The predicted octanol–water partition coefficient (Wildman–Crippen LogP) is 4.05. The van der Waals surface area contributed by atoms with Crippen LogP contribution < -0.4 is 9.62 Å². The van der Waals surface area contributed by atoms with Crippen LogP contribution in [0.5, 0.6) is 0 Å². The van der Waals surface area contributed by atoms with Crippen LogP contribution in [0.15, 0.2) is 42.5 Å². The number of anilines is 1. The Balaban J connectivity index is 2.43. The Morgan fingerprint density at radius 3 is 2.29 bits per heavy atom. The van der Waals surface area contributed by atoms with Gasteiger partial charge in [0.1, 0.15) is 12.6 Å². The van der Waals surface area contributed by atoms with Crippen molar-refractivity contribution in [3.63, 3.8) is 0 Å². The minimum Gasteiger partial charge on any atom is -0.352 e. The molecule has 0 saturated carbocycles. The summed E-state index contributed by atoms with van der Waals surface area (Å²) in [6.45, 7) is 8.82. The van der Waals surface area contributed by atoms with Gasteiger partial charge in [-0.1, -0.05) is 54.4 Å². The number of rotatable bonds is 10. The van der Waals surface area contributed by atoms with Gasteiger partial charge in [-0.3, -0.25) is 13.9 Å². The van der Waals surface area contributed by atoms with Crippen LogP contribution in [-0.2, 0) is 26.2 Å². The third-order valence-corrected chi connectivity index (χ3v) is 7.26. The van der Waals surface area contributed by atoms with Gasteiger partial charge in [0.25, 0.3) is 0 Å². The molecule has 2 atom stereocenters. The summed E-state index contributed by atoms with van der Waals surface area (Å²) < 4.78 is 26.5. The van der Waals surface area contributed by atoms with E-state index >= 15 is 0 Å². The van der Waals surface area contributed by atoms with Crippen LogP contribution in [0.2, 0.25) is 5.02 Å². The van der Waals surface area contributed by atoms with Crippen LogP contribution in [-0.4, -0.2) is 50.0 Å². The molecule has 0 aliphatic heterocycles. The molecule has 0 aromatic heterocycles. The number of benzene rings is 2. The molecule has 0 aliphatic carbocycles. The zero-order chi connectivity index (χ0) is 25.6. The topological polar surface area (TPSA) is 86.8 Å². The number of carbonyl (C=O) groups excluding carboxylic acids is 2. The Bertz CT molecular complexity index is 1140. The number of sulfonamides is 1. The Morgan fingerprint density at radius 1 is 1.09 bits per heavy atom. The molecule has 0 radical (unpaired) electrons. The number of carbonyl (C=O) groups is 2. The van der Waals surface area contributed by atoms with Gasteiger partial charge in [0, 0.05) is 17.6 Å². The lowest BCUT2D eigenvalue weighted by Gasteiger charge is -2.32. The Kier molecular flexibility index (Phi) is 9.53. The van der Waals surface area contributed by atoms with Crippen molar-refractivity contribution in [1.29, 1.82) is 0 Å². The molecule has 0 bridgehead atoms. The zero-order valence-electron chi connectivity index (χ0n) is 20.6. The Labute approximate surface area is 208 Å². The SMILES string of the molecule is CC[C@@H](C)NC(=O)[C@H](C)N(Cc1ccccc1Cl)C(=O)CN(c1ccc(C)cc1C)S(C)(=O)=O. The fourth-order valence-electron chi connectivity index (χ4n) is 3.54. The number of nitrogens with one attached hydrogen (secondary N) is 1. The maximum absolute atomic E-state index is 13.6. The maximum atomic E-state index is 13.6. The second kappa shape index (κ2) is 11.7. The van der Waals surface area contributed by atoms with Crippen LogP contribution in [0.1, 0.15) is 43.9 Å². The maximum Gasteiger partial charge on any atom is 0.244 e. The summed E-state index contributed by atoms with van der Waals surface area (Å²) >= 11 is 6.33. The molecule has 0 unspecified atom stereocenters. The van der Waals surface area contributed by atoms with Crippen molar-refractivity contribution < 1.29 is 18.0 Å². The highest BCUT2D eigenvalue weighted by molar-refractivity contribution is 7.92. The first kappa shape index (κ1) is 27.7. The highest BCUT2D eigenvalue weighted by Crippen LogP contribution is 2.25. The third kappa shape index (κ3) is 7.21. The van der Waals surface area contributed by atoms with Gasteiger partial charge in [-0.15, -0.1) is 0 Å². The first-order valence-electron chi connectivity index (χ1n) is 11.2. The molecule has 0 saturated heterocycles. The van der Waals surface area contributed by atoms with E-state index in [1.165, 1.54) is 4.90 Å². The van der Waals surface area contributed by atoms with E-state index in [9.17, 15) is 18.0 Å². The summed E-state index contributed by atoms with van der Waals surface area (Å²) in [5.41, 5.74) is 2.81. The normalized spacial score (nSPS) is 13.1. The summed E-state index contributed by atoms with van der Waals surface area (Å²) in [5, 5.41) is 3.36. The fraction of sp³-hybridized carbons (Fsp3) is 0.440. The van der Waals surface area contributed by atoms with Gasteiger partial charge in [0.05, 0.1) is 11.9 Å². The van der Waals surface area contributed by atoms with Crippen molar-refractivity contribution in [3.05, 3.63) is 64.2 Å². The lowest BCUT2D eigenvalue weighted by molar-refractivity contribution is -0.139. The molecular weight excluding hydrogens is 474 g/mol. The molecule has 0 heterocycles. The molecule has 186 valence electrons. The third-order valence-electron chi connectivity index (χ3n) is 5.77. The molecular formula is C25H34ClN3O4S. The second-order valence-electron chi connectivity index (χ2n) is 8.67. The van der Waals surface area contributed by atoms with Crippen LogP contribution >= 0.6 is 11.6 Å². The summed E-state index contributed by atoms with van der Waals surface area (Å²) in [4.78, 5) is 27.8. The zero-order valence-corrected chi connectivity index (χ0v) is 22.2. The summed E-state index contributed by atoms with van der Waals surface area (Å²) in [6.07, 6.45) is 1.81. The van der Waals surface area contributed by atoms with Crippen molar-refractivity contribution >= 4 is 39.1 Å². The quantitative estimate of drug-likeness (QED) is 0.525. The highest BCUT2D eigenvalue weighted by atomic mass is 35.5. The molecule has 0 aliphatic rings. The number of aryl methyl sites for hydroxylation is 2. The van der Waals surface area contributed by atoms with Crippen LogP contribution in [0.4, 0.5) is 5.69 Å². The van der Waals surface area contributed by atoms with Gasteiger partial charge in [0.2, 0.25) is 21.8 Å². The van der Waals surface area contributed by atoms with E-state index in [4.69, 9.17) is 11.6 Å². The highest BCUT2D eigenvalue weighted by Gasteiger charge is 2.31. The first-order valence-corrected chi connectivity index (χ1v) is 13.5. The van der Waals surface area contributed by atoms with Gasteiger partial charge in [-0.2, -0.15) is 0 Å². The smallest absolute Gasteiger partial charge is 0.244 e. The molecule has 2 rings (SSSR count). The van der Waals surface area contributed by atoms with E-state index in [-0.39, 0.29) is 18.5 Å². The molecule has 2 aromatic carbocycles. The largest absolute Gasteiger partial charge is 0.352 e. The molecule has 2 aromatic rings. The molecule has 0 spiro atoms. The molecule has 7 nitrogen and oxygen atoms in total. The van der Waals surface area contributed by atoms with Gasteiger partial charge in [-0.25, -0.2) is 8.42 Å². The lowest BCUT2D eigenvalue weighted by atomic mass is 10.1. The van der Waals surface area contributed by atoms with Gasteiger partial charge in [-0.05, 0) is 57.4 Å². The van der Waals surface area contributed by atoms with Crippen molar-refractivity contribution in [2.75, 3.05) is 17.1 Å². The van der Waals surface area contributed by atoms with Crippen molar-refractivity contribution in [1.82, 2.24) is 10.2 Å². The van der Waals surface area contributed by atoms with E-state index < -0.39 is 28.5 Å². The fourth-order valence-corrected chi connectivity index (χ4v) is 4.64. The van der Waals surface area contributed by atoms with Crippen molar-refractivity contribution in [2.45, 2.75) is 59.7 Å². The Hall–Kier alpha value is -2.58. The van der Waals surface area contributed by atoms with E-state index in [1.54, 1.807) is 50.2 Å². The van der Waals surface area contributed by atoms with Crippen LogP contribution in [0, 0.1) is 13.8 Å². The van der Waals surface area contributed by atoms with Gasteiger partial charge >= 0.3 is 0 Å². The molecule has 9 heteroatoms. The monoisotopic (exact) mass is 507 g/mol. The second-order valence-corrected chi connectivity index (χ2v) is 11.0. The number of amides is 2. The standard InChI is InChI=1S/C25H34ClN3O4S/c1-7-19(4)27-25(31)20(5)28(15-21-10-8-9-11-22(21)26)24(30)16-29(34(6,32)33)23-13-12-17(2)14-18(23)3/h8-14,19-20H,7,15-16H2,1-6H3,(H,27,31)/t19-,20+/m1/s1. The van der Waals surface area contributed by atoms with Crippen molar-refractivity contribution in [3.8, 4) is 0 Å². The average molecular weight is 508 g/mol. The summed E-state index contributed by atoms with van der Waals surface area (Å²) in [5.74, 6) is -0.815. The van der Waals surface area contributed by atoms with Gasteiger partial charge < -0.3 is 10.2 Å². The number of halogens is 1. The summed E-state index contributed by atoms with van der Waals surface area (Å²) in [6, 6.07) is 11.5. The predicted molar refractivity (Wildman–Crippen MR) is 137 cm³/mol. The molecule has 1 N–H and O–H groups in total. The Morgan fingerprint density at radius 2 is 1.74 bits per heavy atom. The molecule has 2 amide bonds. The minimum atomic E-state index is -3.77. The van der Waals surface area contributed by atoms with Crippen LogP contribution in [0.25, 0.3) is 0 Å². The number of nitrogens with zero attached hydrogens (tertiary/aromatic N) is 2.